The zero-order chi connectivity index (χ0) is 32.5. The molecule has 3 fully saturated rings. The predicted molar refractivity (Wildman–Crippen MR) is 166 cm³/mol. The maximum absolute atomic E-state index is 14.0. The van der Waals surface area contributed by atoms with Crippen LogP contribution in [0, 0.1) is 5.92 Å². The van der Waals surface area contributed by atoms with Crippen LogP contribution < -0.4 is 5.32 Å². The van der Waals surface area contributed by atoms with Crippen LogP contribution in [-0.2, 0) is 30.5 Å². The van der Waals surface area contributed by atoms with Crippen LogP contribution in [0.2, 0.25) is 0 Å². The van der Waals surface area contributed by atoms with E-state index in [0.717, 1.165) is 87.5 Å². The first kappa shape index (κ1) is 33.6. The van der Waals surface area contributed by atoms with Gasteiger partial charge in [-0.15, -0.1) is 11.8 Å². The van der Waals surface area contributed by atoms with Crippen LogP contribution in [0.4, 0.5) is 22.0 Å². The second-order valence-corrected chi connectivity index (χ2v) is 14.2. The number of likely N-dealkylation sites (tertiary alicyclic amines) is 3. The molecule has 6 rings (SSSR count). The molecule has 46 heavy (non-hydrogen) atoms. The Labute approximate surface area is 270 Å². The van der Waals surface area contributed by atoms with Crippen molar-refractivity contribution in [2.24, 2.45) is 5.92 Å². The predicted octanol–water partition coefficient (Wildman–Crippen LogP) is 4.34. The van der Waals surface area contributed by atoms with Crippen LogP contribution in [0.5, 0.6) is 0 Å². The number of aliphatic hydroxyl groups excluding tert-OH is 1. The summed E-state index contributed by atoms with van der Waals surface area (Å²) in [5.41, 5.74) is 2.27. The summed E-state index contributed by atoms with van der Waals surface area (Å²) in [4.78, 5) is 18.6. The molecule has 0 radical (unpaired) electrons. The number of hydrogen-bond acceptors (Lipinski definition) is 7. The molecule has 0 aliphatic carbocycles. The van der Waals surface area contributed by atoms with Crippen molar-refractivity contribution in [2.75, 3.05) is 64.7 Å². The number of alkyl halides is 5. The molecule has 1 atom stereocenters. The zero-order valence-corrected chi connectivity index (χ0v) is 26.8. The molecule has 254 valence electrons. The Morgan fingerprint density at radius 3 is 2.54 bits per heavy atom. The van der Waals surface area contributed by atoms with Crippen LogP contribution >= 0.6 is 11.8 Å². The number of fused-ring (bicyclic) bond motifs is 1. The highest BCUT2D eigenvalue weighted by Gasteiger charge is 2.38. The van der Waals surface area contributed by atoms with Crippen LogP contribution in [0.15, 0.2) is 23.1 Å². The van der Waals surface area contributed by atoms with E-state index in [9.17, 15) is 31.9 Å². The lowest BCUT2D eigenvalue weighted by Crippen LogP contribution is -2.44. The molecule has 8 nitrogen and oxygen atoms in total. The number of rotatable bonds is 10. The number of halogens is 5. The van der Waals surface area contributed by atoms with Gasteiger partial charge in [-0.1, -0.05) is 6.07 Å². The summed E-state index contributed by atoms with van der Waals surface area (Å²) in [5, 5.41) is 19.3. The number of aromatic nitrogens is 2. The fraction of sp³-hybridized carbons (Fsp3) is 0.688. The van der Waals surface area contributed by atoms with Crippen molar-refractivity contribution in [3.05, 3.63) is 35.0 Å². The minimum Gasteiger partial charge on any atom is -0.390 e. The van der Waals surface area contributed by atoms with Gasteiger partial charge in [0.05, 0.1) is 30.5 Å². The first-order chi connectivity index (χ1) is 22.0. The van der Waals surface area contributed by atoms with Crippen molar-refractivity contribution in [2.45, 2.75) is 74.7 Å². The van der Waals surface area contributed by atoms with Gasteiger partial charge in [0.1, 0.15) is 0 Å². The number of carbonyl (C=O) groups is 1. The normalized spacial score (nSPS) is 22.0. The Balaban J connectivity index is 1.12. The third kappa shape index (κ3) is 7.88. The summed E-state index contributed by atoms with van der Waals surface area (Å²) in [6.07, 6.45) is -1.07. The topological polar surface area (TPSA) is 76.9 Å². The molecule has 1 aromatic carbocycles. The number of thioether (sulfide) groups is 1. The van der Waals surface area contributed by atoms with Gasteiger partial charge in [0.2, 0.25) is 5.91 Å². The lowest BCUT2D eigenvalue weighted by atomic mass is 9.95. The lowest BCUT2D eigenvalue weighted by Gasteiger charge is -2.34. The second-order valence-electron chi connectivity index (χ2n) is 13.1. The fourth-order valence-corrected chi connectivity index (χ4v) is 8.34. The van der Waals surface area contributed by atoms with Gasteiger partial charge in [-0.2, -0.15) is 18.3 Å². The fourth-order valence-electron chi connectivity index (χ4n) is 7.22. The van der Waals surface area contributed by atoms with Crippen LogP contribution in [0.1, 0.15) is 48.9 Å². The van der Waals surface area contributed by atoms with Crippen molar-refractivity contribution in [1.82, 2.24) is 29.8 Å². The Morgan fingerprint density at radius 2 is 1.85 bits per heavy atom. The highest BCUT2D eigenvalue weighted by molar-refractivity contribution is 7.99. The molecule has 14 heteroatoms. The third-order valence-corrected chi connectivity index (χ3v) is 10.7. The maximum atomic E-state index is 14.0. The van der Waals surface area contributed by atoms with E-state index in [4.69, 9.17) is 5.10 Å². The summed E-state index contributed by atoms with van der Waals surface area (Å²) < 4.78 is 70.8. The number of amides is 1. The monoisotopic (exact) mass is 670 g/mol. The molecule has 1 unspecified atom stereocenters. The van der Waals surface area contributed by atoms with Gasteiger partial charge in [0.15, 0.2) is 0 Å². The van der Waals surface area contributed by atoms with Gasteiger partial charge < -0.3 is 20.2 Å². The molecule has 4 aliphatic heterocycles. The maximum Gasteiger partial charge on any atom is 0.417 e. The number of hydrogen-bond donors (Lipinski definition) is 2. The van der Waals surface area contributed by atoms with Gasteiger partial charge in [0, 0.05) is 92.0 Å². The smallest absolute Gasteiger partial charge is 0.390 e. The van der Waals surface area contributed by atoms with E-state index in [2.05, 4.69) is 10.2 Å². The van der Waals surface area contributed by atoms with Gasteiger partial charge in [-0.25, -0.2) is 8.78 Å². The van der Waals surface area contributed by atoms with Crippen molar-refractivity contribution in [3.63, 3.8) is 0 Å². The molecular weight excluding hydrogens is 627 g/mol. The van der Waals surface area contributed by atoms with E-state index in [1.165, 1.54) is 12.1 Å². The summed E-state index contributed by atoms with van der Waals surface area (Å²) in [6.45, 7) is 5.34. The van der Waals surface area contributed by atoms with Crippen molar-refractivity contribution < 1.29 is 31.9 Å². The minimum atomic E-state index is -4.55. The molecule has 2 N–H and O–H groups in total. The summed E-state index contributed by atoms with van der Waals surface area (Å²) >= 11 is 1.03. The van der Waals surface area contributed by atoms with Crippen molar-refractivity contribution in [3.8, 4) is 11.3 Å². The molecule has 1 aromatic heterocycles. The van der Waals surface area contributed by atoms with E-state index >= 15 is 0 Å². The molecule has 4 aliphatic rings. The van der Waals surface area contributed by atoms with Gasteiger partial charge in [-0.05, 0) is 50.9 Å². The SMILES string of the molecule is O=C(C1CCN(CC(O)Cn2nc(-c3ccc(C(F)(F)F)c(SCCN4CCC(F)(F)C4)c3)c3c2CCNC3)CC1)N1CCCC1. The average Bonchev–Trinajstić information content (AvgIpc) is 3.76. The van der Waals surface area contributed by atoms with Crippen molar-refractivity contribution in [1.29, 1.82) is 0 Å². The summed E-state index contributed by atoms with van der Waals surface area (Å²) in [7, 11) is 0. The first-order valence-corrected chi connectivity index (χ1v) is 17.4. The van der Waals surface area contributed by atoms with E-state index < -0.39 is 23.8 Å². The third-order valence-electron chi connectivity index (χ3n) is 9.69. The van der Waals surface area contributed by atoms with Gasteiger partial charge >= 0.3 is 6.18 Å². The second kappa shape index (κ2) is 14.1. The summed E-state index contributed by atoms with van der Waals surface area (Å²) in [6, 6.07) is 4.04. The van der Waals surface area contributed by atoms with Crippen LogP contribution in [0.3, 0.4) is 0 Å². The molecule has 2 aromatic rings. The molecule has 0 spiro atoms. The van der Waals surface area contributed by atoms with Crippen LogP contribution in [-0.4, -0.2) is 112 Å². The number of nitrogens with one attached hydrogen (secondary N) is 1. The number of piperidine rings is 1. The summed E-state index contributed by atoms with van der Waals surface area (Å²) in [5.74, 6) is -2.17. The van der Waals surface area contributed by atoms with E-state index in [-0.39, 0.29) is 55.1 Å². The number of nitrogens with zero attached hydrogens (tertiary/aromatic N) is 5. The number of aliphatic hydroxyl groups is 1. The molecule has 1 amide bonds. The largest absolute Gasteiger partial charge is 0.417 e. The van der Waals surface area contributed by atoms with Gasteiger partial charge in [-0.3, -0.25) is 14.4 Å². The molecule has 5 heterocycles. The Kier molecular flexibility index (Phi) is 10.3. The quantitative estimate of drug-likeness (QED) is 0.288. The Bertz CT molecular complexity index is 1370. The molecular formula is C32H43F5N6O2S. The van der Waals surface area contributed by atoms with E-state index in [1.54, 1.807) is 9.58 Å². The van der Waals surface area contributed by atoms with Crippen molar-refractivity contribution >= 4 is 17.7 Å². The molecule has 3 saturated heterocycles. The highest BCUT2D eigenvalue weighted by Crippen LogP contribution is 2.40. The number of carbonyl (C=O) groups excluding carboxylic acids is 1. The Morgan fingerprint density at radius 1 is 1.09 bits per heavy atom. The molecule has 0 saturated carbocycles. The number of benzene rings is 1. The standard InChI is InChI=1S/C32H43F5N6O2S/c33-31(34)8-14-41(21-31)15-16-46-28-17-23(3-4-26(28)32(35,36)37)29-25-18-38-9-5-27(25)43(39-29)20-24(44)19-40-12-6-22(7-13-40)30(45)42-10-1-2-11-42/h3-4,17,22,24,38,44H,1-2,5-16,18-21H2. The highest BCUT2D eigenvalue weighted by atomic mass is 32.2. The minimum absolute atomic E-state index is 0.0506. The van der Waals surface area contributed by atoms with Gasteiger partial charge in [0.25, 0.3) is 5.92 Å². The molecule has 0 bridgehead atoms. The zero-order valence-electron chi connectivity index (χ0n) is 26.0. The van der Waals surface area contributed by atoms with E-state index in [1.807, 2.05) is 4.90 Å². The number of β-amino-alcohol motifs (C(OH)–C–C–N with tert-alkyl or cyclic N) is 1. The first-order valence-electron chi connectivity index (χ1n) is 16.4. The van der Waals surface area contributed by atoms with Crippen LogP contribution in [0.25, 0.3) is 11.3 Å². The van der Waals surface area contributed by atoms with E-state index in [0.29, 0.717) is 30.8 Å². The Hall–Kier alpha value is -2.26. The average molecular weight is 671 g/mol. The lowest BCUT2D eigenvalue weighted by molar-refractivity contribution is -0.139.